The van der Waals surface area contributed by atoms with Gasteiger partial charge in [0.15, 0.2) is 0 Å². The van der Waals surface area contributed by atoms with Gasteiger partial charge in [-0.3, -0.25) is 4.90 Å². The predicted octanol–water partition coefficient (Wildman–Crippen LogP) is 2.09. The maximum atomic E-state index is 12.3. The number of amides is 2. The number of carbonyl (C=O) groups is 1. The maximum absolute atomic E-state index is 12.3. The smallest absolute Gasteiger partial charge is 0.324 e. The van der Waals surface area contributed by atoms with E-state index in [0.717, 1.165) is 25.2 Å². The average molecular weight is 248 g/mol. The number of carbonyl (C=O) groups excluding carboxylic acids is 1. The Labute approximate surface area is 108 Å². The zero-order chi connectivity index (χ0) is 13.0. The molecule has 1 aromatic carbocycles. The molecule has 1 fully saturated rings. The van der Waals surface area contributed by atoms with Crippen LogP contribution in [0.5, 0.6) is 0 Å². The quantitative estimate of drug-likeness (QED) is 0.886. The zero-order valence-corrected chi connectivity index (χ0v) is 10.7. The summed E-state index contributed by atoms with van der Waals surface area (Å²) in [5.74, 6) is 0. The lowest BCUT2D eigenvalue weighted by atomic mass is 10.2. The van der Waals surface area contributed by atoms with E-state index in [0.29, 0.717) is 13.0 Å². The van der Waals surface area contributed by atoms with Gasteiger partial charge in [-0.05, 0) is 25.0 Å². The summed E-state index contributed by atoms with van der Waals surface area (Å²) in [5.41, 5.74) is 0.929. The first-order chi connectivity index (χ1) is 8.72. The molecule has 4 heteroatoms. The minimum Gasteiger partial charge on any atom is -0.391 e. The molecule has 18 heavy (non-hydrogen) atoms. The highest BCUT2D eigenvalue weighted by Gasteiger charge is 2.27. The number of hydrogen-bond acceptors (Lipinski definition) is 2. The number of β-amino-alcohol motifs (C(OH)–C–C–N with tert-alkyl or cyclic N) is 1. The molecule has 0 bridgehead atoms. The van der Waals surface area contributed by atoms with Crippen LogP contribution in [0.4, 0.5) is 10.5 Å². The first-order valence-electron chi connectivity index (χ1n) is 6.52. The summed E-state index contributed by atoms with van der Waals surface area (Å²) in [6.45, 7) is 3.84. The molecule has 0 saturated carbocycles. The Kier molecular flexibility index (Phi) is 4.20. The number of aliphatic hydroxyl groups is 1. The molecule has 1 heterocycles. The van der Waals surface area contributed by atoms with Gasteiger partial charge in [0.2, 0.25) is 0 Å². The molecule has 0 radical (unpaired) electrons. The summed E-state index contributed by atoms with van der Waals surface area (Å²) in [4.78, 5) is 15.8. The first kappa shape index (κ1) is 12.9. The third kappa shape index (κ3) is 2.82. The van der Waals surface area contributed by atoms with Gasteiger partial charge in [0, 0.05) is 25.3 Å². The Morgan fingerprint density at radius 1 is 1.28 bits per heavy atom. The lowest BCUT2D eigenvalue weighted by molar-refractivity contribution is 0.115. The van der Waals surface area contributed by atoms with Crippen molar-refractivity contribution in [3.63, 3.8) is 0 Å². The van der Waals surface area contributed by atoms with Crippen LogP contribution >= 0.6 is 0 Å². The molecule has 1 aliphatic heterocycles. The van der Waals surface area contributed by atoms with Gasteiger partial charge in [0.05, 0.1) is 6.10 Å². The fourth-order valence-electron chi connectivity index (χ4n) is 2.18. The number of aliphatic hydroxyl groups excluding tert-OH is 1. The molecule has 1 atom stereocenters. The molecule has 0 aliphatic carbocycles. The van der Waals surface area contributed by atoms with Crippen molar-refractivity contribution in [2.75, 3.05) is 24.5 Å². The molecule has 1 N–H and O–H groups in total. The lowest BCUT2D eigenvalue weighted by Gasteiger charge is -2.36. The summed E-state index contributed by atoms with van der Waals surface area (Å²) in [6.07, 6.45) is 1.19. The Hall–Kier alpha value is -1.55. The van der Waals surface area contributed by atoms with Gasteiger partial charge in [-0.25, -0.2) is 4.79 Å². The van der Waals surface area contributed by atoms with Crippen molar-refractivity contribution in [1.29, 1.82) is 0 Å². The molecule has 98 valence electrons. The summed E-state index contributed by atoms with van der Waals surface area (Å²) < 4.78 is 0. The highest BCUT2D eigenvalue weighted by atomic mass is 16.3. The van der Waals surface area contributed by atoms with E-state index in [1.54, 1.807) is 9.80 Å². The van der Waals surface area contributed by atoms with Crippen molar-refractivity contribution in [3.05, 3.63) is 30.3 Å². The van der Waals surface area contributed by atoms with E-state index in [9.17, 15) is 9.90 Å². The van der Waals surface area contributed by atoms with Gasteiger partial charge >= 0.3 is 6.03 Å². The number of para-hydroxylation sites is 1. The van der Waals surface area contributed by atoms with Gasteiger partial charge in [-0.15, -0.1) is 0 Å². The van der Waals surface area contributed by atoms with Crippen molar-refractivity contribution in [1.82, 2.24) is 4.90 Å². The van der Waals surface area contributed by atoms with Crippen LogP contribution in [0, 0.1) is 0 Å². The molecule has 1 aromatic rings. The molecule has 0 aromatic heterocycles. The van der Waals surface area contributed by atoms with Crippen LogP contribution < -0.4 is 4.90 Å². The minimum absolute atomic E-state index is 0.0000463. The molecule has 0 spiro atoms. The van der Waals surface area contributed by atoms with Gasteiger partial charge in [0.1, 0.15) is 0 Å². The summed E-state index contributed by atoms with van der Waals surface area (Å²) >= 11 is 0. The van der Waals surface area contributed by atoms with Crippen molar-refractivity contribution >= 4 is 11.7 Å². The standard InChI is InChI=1S/C14H20N2O2/c1-2-13(17)11-15-9-6-10-16(14(15)18)12-7-4-3-5-8-12/h3-5,7-8,13,17H,2,6,9-11H2,1H3. The monoisotopic (exact) mass is 248 g/mol. The van der Waals surface area contributed by atoms with Gasteiger partial charge in [-0.2, -0.15) is 0 Å². The van der Waals surface area contributed by atoms with E-state index in [1.807, 2.05) is 37.3 Å². The normalized spacial score (nSPS) is 18.0. The topological polar surface area (TPSA) is 43.8 Å². The fourth-order valence-corrected chi connectivity index (χ4v) is 2.18. The molecule has 1 unspecified atom stereocenters. The Bertz CT molecular complexity index is 394. The number of benzene rings is 1. The van der Waals surface area contributed by atoms with Crippen LogP contribution in [0.15, 0.2) is 30.3 Å². The summed E-state index contributed by atoms with van der Waals surface area (Å²) in [7, 11) is 0. The van der Waals surface area contributed by atoms with Crippen LogP contribution in [-0.2, 0) is 0 Å². The Morgan fingerprint density at radius 3 is 2.67 bits per heavy atom. The number of urea groups is 1. The van der Waals surface area contributed by atoms with E-state index < -0.39 is 6.10 Å². The van der Waals surface area contributed by atoms with Crippen LogP contribution in [-0.4, -0.2) is 41.8 Å². The van der Waals surface area contributed by atoms with Crippen LogP contribution in [0.3, 0.4) is 0 Å². The van der Waals surface area contributed by atoms with Crippen molar-refractivity contribution in [3.8, 4) is 0 Å². The molecule has 1 aliphatic rings. The first-order valence-corrected chi connectivity index (χ1v) is 6.52. The van der Waals surface area contributed by atoms with Crippen LogP contribution in [0.25, 0.3) is 0 Å². The minimum atomic E-state index is -0.426. The van der Waals surface area contributed by atoms with Crippen molar-refractivity contribution in [2.45, 2.75) is 25.9 Å². The van der Waals surface area contributed by atoms with Crippen LogP contribution in [0.2, 0.25) is 0 Å². The summed E-state index contributed by atoms with van der Waals surface area (Å²) in [5, 5.41) is 9.67. The molecular formula is C14H20N2O2. The maximum Gasteiger partial charge on any atom is 0.324 e. The molecule has 2 rings (SSSR count). The van der Waals surface area contributed by atoms with E-state index in [1.165, 1.54) is 0 Å². The van der Waals surface area contributed by atoms with E-state index in [2.05, 4.69) is 0 Å². The number of rotatable bonds is 4. The predicted molar refractivity (Wildman–Crippen MR) is 71.7 cm³/mol. The number of nitrogens with zero attached hydrogens (tertiary/aromatic N) is 2. The largest absolute Gasteiger partial charge is 0.391 e. The lowest BCUT2D eigenvalue weighted by Crippen LogP contribution is -2.51. The van der Waals surface area contributed by atoms with Crippen LogP contribution in [0.1, 0.15) is 19.8 Å². The molecular weight excluding hydrogens is 228 g/mol. The van der Waals surface area contributed by atoms with Crippen molar-refractivity contribution < 1.29 is 9.90 Å². The van der Waals surface area contributed by atoms with E-state index in [4.69, 9.17) is 0 Å². The average Bonchev–Trinajstić information content (AvgIpc) is 2.42. The Morgan fingerprint density at radius 2 is 2.00 bits per heavy atom. The molecule has 1 saturated heterocycles. The molecule has 4 nitrogen and oxygen atoms in total. The number of hydrogen-bond donors (Lipinski definition) is 1. The Balaban J connectivity index is 2.07. The molecule has 2 amide bonds. The summed E-state index contributed by atoms with van der Waals surface area (Å²) in [6, 6.07) is 9.69. The van der Waals surface area contributed by atoms with Gasteiger partial charge < -0.3 is 10.0 Å². The third-order valence-corrected chi connectivity index (χ3v) is 3.28. The second-order valence-electron chi connectivity index (χ2n) is 4.63. The third-order valence-electron chi connectivity index (χ3n) is 3.28. The highest BCUT2D eigenvalue weighted by molar-refractivity contribution is 5.92. The SMILES string of the molecule is CCC(O)CN1CCCN(c2ccccc2)C1=O. The van der Waals surface area contributed by atoms with E-state index >= 15 is 0 Å². The van der Waals surface area contributed by atoms with Crippen molar-refractivity contribution in [2.24, 2.45) is 0 Å². The van der Waals surface area contributed by atoms with Gasteiger partial charge in [0.25, 0.3) is 0 Å². The zero-order valence-electron chi connectivity index (χ0n) is 10.7. The second kappa shape index (κ2) is 5.87. The second-order valence-corrected chi connectivity index (χ2v) is 4.63. The highest BCUT2D eigenvalue weighted by Crippen LogP contribution is 2.19. The van der Waals surface area contributed by atoms with E-state index in [-0.39, 0.29) is 6.03 Å². The van der Waals surface area contributed by atoms with Gasteiger partial charge in [-0.1, -0.05) is 25.1 Å². The number of anilines is 1. The fraction of sp³-hybridized carbons (Fsp3) is 0.500.